The van der Waals surface area contributed by atoms with E-state index in [-0.39, 0.29) is 39.7 Å². The van der Waals surface area contributed by atoms with Crippen molar-refractivity contribution < 1.29 is 27.0 Å². The van der Waals surface area contributed by atoms with Gasteiger partial charge >= 0.3 is 14.0 Å². The molecule has 4 aromatic rings. The van der Waals surface area contributed by atoms with Gasteiger partial charge in [0.1, 0.15) is 13.2 Å². The van der Waals surface area contributed by atoms with Crippen molar-refractivity contribution in [2.45, 2.75) is 31.1 Å². The molecule has 0 aliphatic heterocycles. The number of anilines is 1. The number of hydrogen-bond acceptors (Lipinski definition) is 5. The molecular formula is C30H31Cl2N2O6PS+2. The van der Waals surface area contributed by atoms with Crippen molar-refractivity contribution in [1.82, 2.24) is 5.32 Å². The fourth-order valence-electron chi connectivity index (χ4n) is 4.50. The molecule has 0 fully saturated rings. The van der Waals surface area contributed by atoms with Gasteiger partial charge in [-0.15, -0.1) is 8.83 Å². The molecule has 0 heterocycles. The van der Waals surface area contributed by atoms with Gasteiger partial charge in [0.05, 0.1) is 10.6 Å². The van der Waals surface area contributed by atoms with Crippen molar-refractivity contribution in [2.75, 3.05) is 24.1 Å². The average Bonchev–Trinajstić information content (AvgIpc) is 2.96. The first kappa shape index (κ1) is 31.9. The number of fused-ring (bicyclic) bond motifs is 1. The highest BCUT2D eigenvalue weighted by atomic mass is 35.5. The van der Waals surface area contributed by atoms with Crippen LogP contribution in [0.5, 0.6) is 0 Å². The van der Waals surface area contributed by atoms with Gasteiger partial charge in [0.15, 0.2) is 0 Å². The summed E-state index contributed by atoms with van der Waals surface area (Å²) in [6.07, 6.45) is 0.654. The second kappa shape index (κ2) is 14.4. The number of halogens is 2. The number of sulfonamides is 1. The highest BCUT2D eigenvalue weighted by molar-refractivity contribution is 7.93. The zero-order valence-electron chi connectivity index (χ0n) is 23.0. The lowest BCUT2D eigenvalue weighted by Crippen LogP contribution is -2.42. The molecule has 0 saturated heterocycles. The van der Waals surface area contributed by atoms with E-state index in [1.807, 2.05) is 30.3 Å². The van der Waals surface area contributed by atoms with Gasteiger partial charge in [0, 0.05) is 34.5 Å². The minimum absolute atomic E-state index is 0.0880. The Labute approximate surface area is 256 Å². The van der Waals surface area contributed by atoms with Crippen LogP contribution in [-0.4, -0.2) is 44.8 Å². The largest absolute Gasteiger partial charge is 0.624 e. The number of carbonyl (C=O) groups excluding carboxylic acids is 1. The Morgan fingerprint density at radius 1 is 0.952 bits per heavy atom. The molecule has 2 unspecified atom stereocenters. The Balaban J connectivity index is 1.82. The smallest absolute Gasteiger partial charge is 0.373 e. The summed E-state index contributed by atoms with van der Waals surface area (Å²) in [5.41, 5.74) is 1.63. The fourth-order valence-corrected chi connectivity index (χ4v) is 8.25. The molecule has 42 heavy (non-hydrogen) atoms. The molecule has 0 aromatic heterocycles. The highest BCUT2D eigenvalue weighted by Crippen LogP contribution is 2.42. The molecular weight excluding hydrogens is 618 g/mol. The number of benzene rings is 4. The van der Waals surface area contributed by atoms with E-state index >= 15 is 0 Å². The molecule has 8 nitrogen and oxygen atoms in total. The molecule has 0 aliphatic carbocycles. The van der Waals surface area contributed by atoms with Crippen molar-refractivity contribution in [1.29, 1.82) is 0 Å². The molecule has 0 saturated carbocycles. The van der Waals surface area contributed by atoms with E-state index in [4.69, 9.17) is 27.7 Å². The maximum Gasteiger partial charge on any atom is 0.624 e. The number of rotatable bonds is 13. The molecule has 0 bridgehead atoms. The molecule has 2 N–H and O–H groups in total. The maximum absolute atomic E-state index is 14.3. The van der Waals surface area contributed by atoms with Gasteiger partial charge in [0.25, 0.3) is 15.9 Å². The zero-order chi connectivity index (χ0) is 30.3. The van der Waals surface area contributed by atoms with Gasteiger partial charge in [-0.1, -0.05) is 77.8 Å². The van der Waals surface area contributed by atoms with Crippen LogP contribution >= 0.6 is 31.2 Å². The van der Waals surface area contributed by atoms with Crippen LogP contribution in [0.25, 0.3) is 10.8 Å². The van der Waals surface area contributed by atoms with E-state index in [0.29, 0.717) is 29.3 Å². The average molecular weight is 650 g/mol. The van der Waals surface area contributed by atoms with E-state index in [1.54, 1.807) is 50.2 Å². The van der Waals surface area contributed by atoms with E-state index in [9.17, 15) is 17.8 Å². The SMILES string of the molecule is CCO[P+](=O)C([OH+]CC)N(c1cccc2c(C(=O)NCCc3ccccc3)cccc12)S(=O)(=O)c1cc(Cl)cc(Cl)c1. The van der Waals surface area contributed by atoms with Crippen LogP contribution in [0.2, 0.25) is 10.0 Å². The Morgan fingerprint density at radius 3 is 2.29 bits per heavy atom. The predicted octanol–water partition coefficient (Wildman–Crippen LogP) is 6.92. The van der Waals surface area contributed by atoms with Crippen LogP contribution < -0.4 is 9.62 Å². The quantitative estimate of drug-likeness (QED) is 0.0962. The first-order valence-electron chi connectivity index (χ1n) is 13.3. The summed E-state index contributed by atoms with van der Waals surface area (Å²) < 4.78 is 52.6. The standard InChI is InChI=1S/C30H29Cl2N2O6PS/c1-3-39-30(41(36)40-4-2)34(42(37,38)24-19-22(31)18-23(32)20-24)28-15-9-12-25-26(28)13-8-14-27(25)29(35)33-17-16-21-10-6-5-7-11-21/h5-15,18-20,30H,3-4,16-17H2,1-2H3/p+2. The van der Waals surface area contributed by atoms with E-state index < -0.39 is 24.0 Å². The van der Waals surface area contributed by atoms with Crippen molar-refractivity contribution in [2.24, 2.45) is 0 Å². The third-order valence-corrected chi connectivity index (χ3v) is 9.94. The van der Waals surface area contributed by atoms with Crippen LogP contribution in [0.15, 0.2) is 89.8 Å². The van der Waals surface area contributed by atoms with Gasteiger partial charge in [0.2, 0.25) is 0 Å². The van der Waals surface area contributed by atoms with Crippen molar-refractivity contribution in [3.8, 4) is 0 Å². The molecule has 220 valence electrons. The van der Waals surface area contributed by atoms with Crippen LogP contribution in [0, 0.1) is 0 Å². The van der Waals surface area contributed by atoms with Gasteiger partial charge < -0.3 is 10.1 Å². The number of carbonyl (C=O) groups is 1. The predicted molar refractivity (Wildman–Crippen MR) is 168 cm³/mol. The lowest BCUT2D eigenvalue weighted by Gasteiger charge is -2.25. The van der Waals surface area contributed by atoms with Crippen LogP contribution in [0.3, 0.4) is 0 Å². The van der Waals surface area contributed by atoms with Gasteiger partial charge in [-0.25, -0.2) is 8.42 Å². The van der Waals surface area contributed by atoms with Gasteiger partial charge in [-0.05, 0) is 59.2 Å². The Bertz CT molecular complexity index is 1670. The lowest BCUT2D eigenvalue weighted by atomic mass is 10.0. The number of nitrogens with zero attached hydrogens (tertiary/aromatic N) is 1. The van der Waals surface area contributed by atoms with Crippen LogP contribution in [-0.2, 0) is 25.5 Å². The minimum Gasteiger partial charge on any atom is -0.373 e. The third-order valence-electron chi connectivity index (χ3n) is 6.32. The number of ether oxygens (including phenoxy) is 1. The summed E-state index contributed by atoms with van der Waals surface area (Å²) in [5, 5.41) is 4.14. The monoisotopic (exact) mass is 648 g/mol. The molecule has 4 rings (SSSR count). The Hall–Kier alpha value is -3.04. The molecule has 4 aromatic carbocycles. The zero-order valence-corrected chi connectivity index (χ0v) is 26.3. The van der Waals surface area contributed by atoms with E-state index in [0.717, 1.165) is 9.87 Å². The summed E-state index contributed by atoms with van der Waals surface area (Å²) in [4.78, 5) is 13.1. The van der Waals surface area contributed by atoms with E-state index in [1.165, 1.54) is 18.2 Å². The normalized spacial score (nSPS) is 12.6. The number of nitrogens with one attached hydrogen (secondary N) is 1. The first-order valence-corrected chi connectivity index (χ1v) is 16.7. The van der Waals surface area contributed by atoms with Crippen LogP contribution in [0.1, 0.15) is 29.8 Å². The number of amides is 1. The molecule has 12 heteroatoms. The maximum atomic E-state index is 14.3. The molecule has 0 spiro atoms. The summed E-state index contributed by atoms with van der Waals surface area (Å²) in [6.45, 7) is 4.05. The highest BCUT2D eigenvalue weighted by Gasteiger charge is 2.51. The molecule has 2 atom stereocenters. The fraction of sp³-hybridized carbons (Fsp3) is 0.233. The summed E-state index contributed by atoms with van der Waals surface area (Å²) in [5.74, 6) is -1.71. The van der Waals surface area contributed by atoms with Gasteiger partial charge in [-0.2, -0.15) is 0 Å². The molecule has 0 aliphatic rings. The Kier molecular flexibility index (Phi) is 11.0. The minimum atomic E-state index is -4.45. The Morgan fingerprint density at radius 2 is 1.62 bits per heavy atom. The molecule has 1 amide bonds. The first-order chi connectivity index (χ1) is 20.2. The molecule has 0 radical (unpaired) electrons. The lowest BCUT2D eigenvalue weighted by molar-refractivity contribution is -0.0512. The van der Waals surface area contributed by atoms with E-state index in [2.05, 4.69) is 10.1 Å². The summed E-state index contributed by atoms with van der Waals surface area (Å²) >= 11 is 12.3. The number of aliphatic hydroxyl groups is 2. The second-order valence-electron chi connectivity index (χ2n) is 9.12. The number of hydrogen-bond donors (Lipinski definition) is 1. The van der Waals surface area contributed by atoms with Crippen molar-refractivity contribution in [3.63, 3.8) is 0 Å². The second-order valence-corrected chi connectivity index (χ2v) is 13.1. The summed E-state index contributed by atoms with van der Waals surface area (Å²) in [7, 11) is -7.05. The topological polar surface area (TPSA) is 106 Å². The van der Waals surface area contributed by atoms with Gasteiger partial charge in [-0.3, -0.25) is 4.79 Å². The summed E-state index contributed by atoms with van der Waals surface area (Å²) in [6, 6.07) is 23.8. The van der Waals surface area contributed by atoms with Crippen LogP contribution in [0.4, 0.5) is 5.69 Å². The van der Waals surface area contributed by atoms with Crippen molar-refractivity contribution >= 4 is 63.6 Å². The third kappa shape index (κ3) is 7.29. The van der Waals surface area contributed by atoms with Crippen molar-refractivity contribution in [3.05, 3.63) is 106 Å².